The van der Waals surface area contributed by atoms with Gasteiger partial charge in [-0.3, -0.25) is 4.79 Å². The molecular weight excluding hydrogens is 219 g/mol. The lowest BCUT2D eigenvalue weighted by Crippen LogP contribution is -2.36. The first kappa shape index (κ1) is 11.6. The molecule has 0 radical (unpaired) electrons. The van der Waals surface area contributed by atoms with Crippen LogP contribution in [0.1, 0.15) is 30.9 Å². The number of amides is 1. The average molecular weight is 232 g/mol. The smallest absolute Gasteiger partial charge is 0.224 e. The van der Waals surface area contributed by atoms with Gasteiger partial charge in [0.2, 0.25) is 5.91 Å². The molecule has 1 amide bonds. The maximum atomic E-state index is 12.7. The fraction of sp³-hybridized carbons (Fsp3) is 0.385. The molecule has 0 spiro atoms. The molecule has 17 heavy (non-hydrogen) atoms. The third-order valence-corrected chi connectivity index (χ3v) is 3.09. The number of hydrogen-bond acceptors (Lipinski definition) is 2. The number of carbonyl (C=O) groups excluding carboxylic acids is 1. The first-order chi connectivity index (χ1) is 8.20. The van der Waals surface area contributed by atoms with E-state index in [0.29, 0.717) is 5.56 Å². The largest absolute Gasteiger partial charge is 0.336 e. The van der Waals surface area contributed by atoms with Gasteiger partial charge in [-0.15, -0.1) is 0 Å². The van der Waals surface area contributed by atoms with Crippen LogP contribution in [0.4, 0.5) is 4.39 Å². The van der Waals surface area contributed by atoms with E-state index in [4.69, 9.17) is 5.26 Å². The third kappa shape index (κ3) is 2.62. The zero-order valence-electron chi connectivity index (χ0n) is 9.32. The van der Waals surface area contributed by atoms with E-state index in [1.54, 1.807) is 0 Å². The van der Waals surface area contributed by atoms with Crippen LogP contribution >= 0.6 is 0 Å². The number of nitrogens with zero attached hydrogens (tertiary/aromatic N) is 1. The molecule has 4 heteroatoms. The van der Waals surface area contributed by atoms with Gasteiger partial charge in [-0.05, 0) is 30.5 Å². The summed E-state index contributed by atoms with van der Waals surface area (Å²) in [7, 11) is 0. The van der Waals surface area contributed by atoms with E-state index in [2.05, 4.69) is 5.32 Å². The third-order valence-electron chi connectivity index (χ3n) is 3.09. The van der Waals surface area contributed by atoms with E-state index in [9.17, 15) is 9.18 Å². The molecule has 1 fully saturated rings. The maximum Gasteiger partial charge on any atom is 0.224 e. The molecule has 2 rings (SSSR count). The molecule has 0 heterocycles. The van der Waals surface area contributed by atoms with E-state index in [0.717, 1.165) is 19.3 Å². The van der Waals surface area contributed by atoms with Gasteiger partial charge in [0, 0.05) is 5.92 Å². The summed E-state index contributed by atoms with van der Waals surface area (Å²) in [5.41, 5.74) is 0.613. The highest BCUT2D eigenvalue weighted by Gasteiger charge is 2.27. The van der Waals surface area contributed by atoms with Gasteiger partial charge in [0.25, 0.3) is 0 Å². The molecule has 3 nitrogen and oxygen atoms in total. The Morgan fingerprint density at radius 1 is 1.41 bits per heavy atom. The summed E-state index contributed by atoms with van der Waals surface area (Å²) in [6.07, 6.45) is 2.87. The predicted molar refractivity (Wildman–Crippen MR) is 60.2 cm³/mol. The highest BCUT2D eigenvalue weighted by atomic mass is 19.1. The van der Waals surface area contributed by atoms with Crippen LogP contribution in [0.3, 0.4) is 0 Å². The van der Waals surface area contributed by atoms with Crippen molar-refractivity contribution in [3.63, 3.8) is 0 Å². The first-order valence-corrected chi connectivity index (χ1v) is 5.66. The molecule has 1 aromatic carbocycles. The Morgan fingerprint density at radius 2 is 2.06 bits per heavy atom. The van der Waals surface area contributed by atoms with Gasteiger partial charge in [0.1, 0.15) is 11.9 Å². The van der Waals surface area contributed by atoms with Crippen molar-refractivity contribution in [1.82, 2.24) is 5.32 Å². The van der Waals surface area contributed by atoms with Crippen LogP contribution < -0.4 is 5.32 Å². The summed E-state index contributed by atoms with van der Waals surface area (Å²) in [5.74, 6) is -0.380. The van der Waals surface area contributed by atoms with E-state index in [1.807, 2.05) is 6.07 Å². The van der Waals surface area contributed by atoms with Crippen molar-refractivity contribution in [3.05, 3.63) is 35.6 Å². The molecule has 88 valence electrons. The lowest BCUT2D eigenvalue weighted by molar-refractivity contribution is -0.127. The van der Waals surface area contributed by atoms with E-state index in [-0.39, 0.29) is 17.6 Å². The van der Waals surface area contributed by atoms with Crippen molar-refractivity contribution in [1.29, 1.82) is 5.26 Å². The predicted octanol–water partition coefficient (Wildman–Crippen LogP) is 2.31. The lowest BCUT2D eigenvalue weighted by Gasteiger charge is -2.25. The minimum Gasteiger partial charge on any atom is -0.336 e. The van der Waals surface area contributed by atoms with Crippen molar-refractivity contribution in [2.45, 2.75) is 25.3 Å². The van der Waals surface area contributed by atoms with Crippen LogP contribution in [0.25, 0.3) is 0 Å². The minimum atomic E-state index is -0.691. The standard InChI is InChI=1S/C13H13FN2O/c14-11-6-4-9(5-7-11)12(8-15)16-13(17)10-2-1-3-10/h4-7,10,12H,1-3H2,(H,16,17)/t12-/m1/s1. The Morgan fingerprint density at radius 3 is 2.53 bits per heavy atom. The Bertz CT molecular complexity index is 445. The summed E-state index contributed by atoms with van der Waals surface area (Å²) in [5, 5.41) is 11.7. The highest BCUT2D eigenvalue weighted by Crippen LogP contribution is 2.27. The quantitative estimate of drug-likeness (QED) is 0.869. The summed E-state index contributed by atoms with van der Waals surface area (Å²) in [4.78, 5) is 11.7. The fourth-order valence-corrected chi connectivity index (χ4v) is 1.78. The molecular formula is C13H13FN2O. The zero-order valence-corrected chi connectivity index (χ0v) is 9.32. The molecule has 0 bridgehead atoms. The topological polar surface area (TPSA) is 52.9 Å². The van der Waals surface area contributed by atoms with Crippen molar-refractivity contribution in [3.8, 4) is 6.07 Å². The number of nitriles is 1. The Labute approximate surface area is 99.2 Å². The molecule has 1 N–H and O–H groups in total. The van der Waals surface area contributed by atoms with Gasteiger partial charge in [0.15, 0.2) is 0 Å². The second kappa shape index (κ2) is 4.96. The normalized spacial score (nSPS) is 16.7. The molecule has 1 saturated carbocycles. The SMILES string of the molecule is N#C[C@@H](NC(=O)C1CCC1)c1ccc(F)cc1. The Kier molecular flexibility index (Phi) is 3.38. The van der Waals surface area contributed by atoms with Gasteiger partial charge in [-0.2, -0.15) is 5.26 Å². The van der Waals surface area contributed by atoms with Crippen molar-refractivity contribution in [2.24, 2.45) is 5.92 Å². The Hall–Kier alpha value is -1.89. The van der Waals surface area contributed by atoms with Crippen LogP contribution in [0, 0.1) is 23.1 Å². The fourth-order valence-electron chi connectivity index (χ4n) is 1.78. The molecule has 0 unspecified atom stereocenters. The van der Waals surface area contributed by atoms with E-state index < -0.39 is 6.04 Å². The van der Waals surface area contributed by atoms with Crippen LogP contribution in [0.5, 0.6) is 0 Å². The molecule has 1 aliphatic rings. The van der Waals surface area contributed by atoms with Gasteiger partial charge in [-0.1, -0.05) is 18.6 Å². The number of benzene rings is 1. The van der Waals surface area contributed by atoms with Crippen LogP contribution in [0.15, 0.2) is 24.3 Å². The zero-order chi connectivity index (χ0) is 12.3. The van der Waals surface area contributed by atoms with Crippen LogP contribution in [-0.2, 0) is 4.79 Å². The monoisotopic (exact) mass is 232 g/mol. The second-order valence-electron chi connectivity index (χ2n) is 4.25. The number of carbonyl (C=O) groups is 1. The number of hydrogen-bond donors (Lipinski definition) is 1. The van der Waals surface area contributed by atoms with Crippen LogP contribution in [0.2, 0.25) is 0 Å². The summed E-state index contributed by atoms with van der Waals surface area (Å²) in [6.45, 7) is 0. The van der Waals surface area contributed by atoms with Gasteiger partial charge in [-0.25, -0.2) is 4.39 Å². The molecule has 0 saturated heterocycles. The maximum absolute atomic E-state index is 12.7. The van der Waals surface area contributed by atoms with Crippen molar-refractivity contribution < 1.29 is 9.18 Å². The Balaban J connectivity index is 2.03. The van der Waals surface area contributed by atoms with Gasteiger partial charge >= 0.3 is 0 Å². The molecule has 0 aliphatic heterocycles. The highest BCUT2D eigenvalue weighted by molar-refractivity contribution is 5.80. The van der Waals surface area contributed by atoms with E-state index >= 15 is 0 Å². The number of nitrogens with one attached hydrogen (secondary N) is 1. The lowest BCUT2D eigenvalue weighted by atomic mass is 9.84. The number of rotatable bonds is 3. The van der Waals surface area contributed by atoms with Crippen LogP contribution in [-0.4, -0.2) is 5.91 Å². The average Bonchev–Trinajstić information content (AvgIpc) is 2.25. The second-order valence-corrected chi connectivity index (χ2v) is 4.25. The first-order valence-electron chi connectivity index (χ1n) is 5.66. The molecule has 1 aliphatic carbocycles. The summed E-state index contributed by atoms with van der Waals surface area (Å²) < 4.78 is 12.7. The summed E-state index contributed by atoms with van der Waals surface area (Å²) >= 11 is 0. The molecule has 0 aromatic heterocycles. The number of halogens is 1. The molecule has 1 atom stereocenters. The van der Waals surface area contributed by atoms with Gasteiger partial charge < -0.3 is 5.32 Å². The van der Waals surface area contributed by atoms with Crippen molar-refractivity contribution >= 4 is 5.91 Å². The van der Waals surface area contributed by atoms with Crippen molar-refractivity contribution in [2.75, 3.05) is 0 Å². The van der Waals surface area contributed by atoms with E-state index in [1.165, 1.54) is 24.3 Å². The molecule has 1 aromatic rings. The summed E-state index contributed by atoms with van der Waals surface area (Å²) in [6, 6.07) is 6.94. The minimum absolute atomic E-state index is 0.0475. The van der Waals surface area contributed by atoms with Gasteiger partial charge in [0.05, 0.1) is 6.07 Å².